The third-order valence-corrected chi connectivity index (χ3v) is 4.22. The van der Waals surface area contributed by atoms with Gasteiger partial charge < -0.3 is 10.5 Å². The van der Waals surface area contributed by atoms with E-state index in [9.17, 15) is 0 Å². The summed E-state index contributed by atoms with van der Waals surface area (Å²) in [6.45, 7) is 13.4. The Kier molecular flexibility index (Phi) is 5.03. The molecule has 0 aromatic carbocycles. The van der Waals surface area contributed by atoms with Crippen LogP contribution >= 0.6 is 0 Å². The molecule has 0 aromatic heterocycles. The third-order valence-electron chi connectivity index (χ3n) is 4.22. The summed E-state index contributed by atoms with van der Waals surface area (Å²) in [4.78, 5) is 0. The molecule has 0 spiro atoms. The second-order valence-electron chi connectivity index (χ2n) is 7.17. The summed E-state index contributed by atoms with van der Waals surface area (Å²) in [6, 6.07) is 0.102. The van der Waals surface area contributed by atoms with Gasteiger partial charge in [-0.05, 0) is 43.4 Å². The molecule has 2 heteroatoms. The van der Waals surface area contributed by atoms with Crippen molar-refractivity contribution < 1.29 is 4.74 Å². The van der Waals surface area contributed by atoms with Crippen LogP contribution in [0.25, 0.3) is 0 Å². The van der Waals surface area contributed by atoms with Crippen LogP contribution in [0.3, 0.4) is 0 Å². The summed E-state index contributed by atoms with van der Waals surface area (Å²) in [5, 5.41) is 0. The minimum atomic E-state index is 0.102. The minimum Gasteiger partial charge on any atom is -0.373 e. The Morgan fingerprint density at radius 1 is 1.12 bits per heavy atom. The smallest absolute Gasteiger partial charge is 0.0775 e. The lowest BCUT2D eigenvalue weighted by atomic mass is 9.79. The van der Waals surface area contributed by atoms with Crippen molar-refractivity contribution in [2.45, 2.75) is 79.1 Å². The van der Waals surface area contributed by atoms with Crippen LogP contribution in [-0.4, -0.2) is 18.2 Å². The molecule has 2 nitrogen and oxygen atoms in total. The van der Waals surface area contributed by atoms with Gasteiger partial charge in [-0.25, -0.2) is 0 Å². The fraction of sp³-hybridized carbons (Fsp3) is 1.00. The Morgan fingerprint density at radius 2 is 1.71 bits per heavy atom. The molecule has 0 amide bonds. The van der Waals surface area contributed by atoms with Crippen LogP contribution in [0.15, 0.2) is 0 Å². The number of ether oxygens (including phenoxy) is 1. The lowest BCUT2D eigenvalue weighted by Gasteiger charge is -2.40. The molecule has 1 fully saturated rings. The molecule has 5 unspecified atom stereocenters. The topological polar surface area (TPSA) is 35.2 Å². The fourth-order valence-corrected chi connectivity index (χ4v) is 2.95. The second-order valence-corrected chi connectivity index (χ2v) is 7.17. The lowest BCUT2D eigenvalue weighted by Crippen LogP contribution is -2.46. The van der Waals surface area contributed by atoms with Gasteiger partial charge in [0, 0.05) is 6.04 Å². The molecule has 1 rings (SSSR count). The van der Waals surface area contributed by atoms with Crippen molar-refractivity contribution in [3.8, 4) is 0 Å². The van der Waals surface area contributed by atoms with E-state index in [1.165, 1.54) is 19.3 Å². The van der Waals surface area contributed by atoms with Gasteiger partial charge in [-0.15, -0.1) is 0 Å². The van der Waals surface area contributed by atoms with Crippen molar-refractivity contribution >= 4 is 0 Å². The van der Waals surface area contributed by atoms with E-state index in [0.717, 1.165) is 11.8 Å². The van der Waals surface area contributed by atoms with Crippen LogP contribution in [0.4, 0.5) is 0 Å². The SMILES string of the molecule is CC(N)C(OC1CCC(C)C(C)C1)C(C)(C)C. The average molecular weight is 241 g/mol. The molecule has 5 atom stereocenters. The summed E-state index contributed by atoms with van der Waals surface area (Å²) in [6.07, 6.45) is 4.26. The Morgan fingerprint density at radius 3 is 2.12 bits per heavy atom. The van der Waals surface area contributed by atoms with Gasteiger partial charge in [0.25, 0.3) is 0 Å². The molecular weight excluding hydrogens is 210 g/mol. The summed E-state index contributed by atoms with van der Waals surface area (Å²) in [5.74, 6) is 1.63. The maximum Gasteiger partial charge on any atom is 0.0775 e. The Labute approximate surface area is 107 Å². The first kappa shape index (κ1) is 15.0. The minimum absolute atomic E-state index is 0.102. The molecule has 0 bridgehead atoms. The maximum atomic E-state index is 6.31. The van der Waals surface area contributed by atoms with E-state index >= 15 is 0 Å². The monoisotopic (exact) mass is 241 g/mol. The molecule has 102 valence electrons. The van der Waals surface area contributed by atoms with Crippen LogP contribution in [0.2, 0.25) is 0 Å². The molecule has 1 aliphatic carbocycles. The first-order valence-electron chi connectivity index (χ1n) is 7.13. The van der Waals surface area contributed by atoms with Crippen molar-refractivity contribution in [2.24, 2.45) is 23.0 Å². The normalized spacial score (nSPS) is 34.4. The number of rotatable bonds is 3. The first-order valence-corrected chi connectivity index (χ1v) is 7.13. The Balaban J connectivity index is 2.57. The van der Waals surface area contributed by atoms with Gasteiger partial charge in [0.05, 0.1) is 12.2 Å². The highest BCUT2D eigenvalue weighted by molar-refractivity contribution is 4.84. The highest BCUT2D eigenvalue weighted by Crippen LogP contribution is 2.34. The molecule has 0 radical (unpaired) electrons. The van der Waals surface area contributed by atoms with Gasteiger partial charge in [0.15, 0.2) is 0 Å². The van der Waals surface area contributed by atoms with Crippen molar-refractivity contribution in [3.05, 3.63) is 0 Å². The van der Waals surface area contributed by atoms with Gasteiger partial charge in [-0.2, -0.15) is 0 Å². The largest absolute Gasteiger partial charge is 0.373 e. The molecule has 1 saturated carbocycles. The first-order chi connectivity index (χ1) is 7.71. The number of hydrogen-bond donors (Lipinski definition) is 1. The van der Waals surface area contributed by atoms with Crippen LogP contribution in [0.5, 0.6) is 0 Å². The predicted molar refractivity (Wildman–Crippen MR) is 73.9 cm³/mol. The highest BCUT2D eigenvalue weighted by atomic mass is 16.5. The molecule has 0 aliphatic heterocycles. The van der Waals surface area contributed by atoms with Crippen LogP contribution in [-0.2, 0) is 4.74 Å². The summed E-state index contributed by atoms with van der Waals surface area (Å²) >= 11 is 0. The molecule has 0 saturated heterocycles. The van der Waals surface area contributed by atoms with Gasteiger partial charge in [0.1, 0.15) is 0 Å². The van der Waals surface area contributed by atoms with Crippen LogP contribution < -0.4 is 5.73 Å². The highest BCUT2D eigenvalue weighted by Gasteiger charge is 2.33. The van der Waals surface area contributed by atoms with E-state index in [0.29, 0.717) is 6.10 Å². The summed E-state index contributed by atoms with van der Waals surface area (Å²) in [5.41, 5.74) is 6.20. The second kappa shape index (κ2) is 5.71. The van der Waals surface area contributed by atoms with Crippen molar-refractivity contribution in [2.75, 3.05) is 0 Å². The molecule has 2 N–H and O–H groups in total. The average Bonchev–Trinajstić information content (AvgIpc) is 2.17. The van der Waals surface area contributed by atoms with Gasteiger partial charge >= 0.3 is 0 Å². The Hall–Kier alpha value is -0.0800. The maximum absolute atomic E-state index is 6.31. The zero-order valence-corrected chi connectivity index (χ0v) is 12.5. The lowest BCUT2D eigenvalue weighted by molar-refractivity contribution is -0.0980. The summed E-state index contributed by atoms with van der Waals surface area (Å²) < 4.78 is 6.31. The van der Waals surface area contributed by atoms with E-state index in [-0.39, 0.29) is 17.6 Å². The number of nitrogens with two attached hydrogens (primary N) is 1. The van der Waals surface area contributed by atoms with Gasteiger partial charge in [0.2, 0.25) is 0 Å². The fourth-order valence-electron chi connectivity index (χ4n) is 2.95. The zero-order valence-electron chi connectivity index (χ0n) is 12.5. The predicted octanol–water partition coefficient (Wildman–Crippen LogP) is 3.59. The van der Waals surface area contributed by atoms with Crippen LogP contribution in [0.1, 0.15) is 60.8 Å². The summed E-state index contributed by atoms with van der Waals surface area (Å²) in [7, 11) is 0. The van der Waals surface area contributed by atoms with Crippen LogP contribution in [0, 0.1) is 17.3 Å². The molecule has 0 heterocycles. The standard InChI is InChI=1S/C15H31NO/c1-10-7-8-13(9-11(10)2)17-14(12(3)16)15(4,5)6/h10-14H,7-9,16H2,1-6H3. The third kappa shape index (κ3) is 4.26. The molecular formula is C15H31NO. The quantitative estimate of drug-likeness (QED) is 0.819. The van der Waals surface area contributed by atoms with E-state index in [1.54, 1.807) is 0 Å². The molecule has 17 heavy (non-hydrogen) atoms. The van der Waals surface area contributed by atoms with E-state index < -0.39 is 0 Å². The number of hydrogen-bond acceptors (Lipinski definition) is 2. The van der Waals surface area contributed by atoms with Crippen molar-refractivity contribution in [1.29, 1.82) is 0 Å². The van der Waals surface area contributed by atoms with Crippen molar-refractivity contribution in [3.63, 3.8) is 0 Å². The van der Waals surface area contributed by atoms with Crippen molar-refractivity contribution in [1.82, 2.24) is 0 Å². The van der Waals surface area contributed by atoms with E-state index in [1.807, 2.05) is 0 Å². The van der Waals surface area contributed by atoms with E-state index in [2.05, 4.69) is 41.5 Å². The van der Waals surface area contributed by atoms with E-state index in [4.69, 9.17) is 10.5 Å². The van der Waals surface area contributed by atoms with Gasteiger partial charge in [-0.3, -0.25) is 0 Å². The molecule has 0 aromatic rings. The Bertz CT molecular complexity index is 232. The zero-order chi connectivity index (χ0) is 13.2. The van der Waals surface area contributed by atoms with Gasteiger partial charge in [-0.1, -0.05) is 34.6 Å². The molecule has 1 aliphatic rings.